The summed E-state index contributed by atoms with van der Waals surface area (Å²) in [4.78, 5) is 13.9. The molecule has 0 radical (unpaired) electrons. The molecule has 0 bridgehead atoms. The third-order valence-electron chi connectivity index (χ3n) is 3.56. The van der Waals surface area contributed by atoms with Crippen molar-refractivity contribution in [2.45, 2.75) is 31.7 Å². The van der Waals surface area contributed by atoms with Crippen LogP contribution in [-0.4, -0.2) is 29.9 Å². The Bertz CT molecular complexity index is 465. The second-order valence-corrected chi connectivity index (χ2v) is 4.83. The standard InChI is InChI=1S/C14H18F2N2O/c15-12-7-1-6-11(13(12)16)14(19)18-9-3-5-10(18)4-2-8-17/h1,6-7,10H,2-5,8-9,17H2. The number of hydrogen-bond donors (Lipinski definition) is 1. The third-order valence-corrected chi connectivity index (χ3v) is 3.56. The number of rotatable bonds is 4. The summed E-state index contributed by atoms with van der Waals surface area (Å²) in [7, 11) is 0. The Kier molecular flexibility index (Phi) is 4.47. The molecule has 1 atom stereocenters. The Morgan fingerprint density at radius 3 is 2.95 bits per heavy atom. The molecule has 0 aromatic heterocycles. The fraction of sp³-hybridized carbons (Fsp3) is 0.500. The quantitative estimate of drug-likeness (QED) is 0.910. The molecule has 0 aliphatic carbocycles. The van der Waals surface area contributed by atoms with Gasteiger partial charge in [0.2, 0.25) is 0 Å². The Morgan fingerprint density at radius 1 is 1.42 bits per heavy atom. The van der Waals surface area contributed by atoms with Crippen LogP contribution in [0, 0.1) is 11.6 Å². The van der Waals surface area contributed by atoms with Crippen molar-refractivity contribution in [2.24, 2.45) is 5.73 Å². The van der Waals surface area contributed by atoms with Crippen molar-refractivity contribution in [3.05, 3.63) is 35.4 Å². The van der Waals surface area contributed by atoms with Crippen molar-refractivity contribution in [1.29, 1.82) is 0 Å². The largest absolute Gasteiger partial charge is 0.336 e. The van der Waals surface area contributed by atoms with Crippen molar-refractivity contribution >= 4 is 5.91 Å². The lowest BCUT2D eigenvalue weighted by Gasteiger charge is -2.25. The van der Waals surface area contributed by atoms with E-state index >= 15 is 0 Å². The van der Waals surface area contributed by atoms with Crippen LogP contribution in [0.2, 0.25) is 0 Å². The monoisotopic (exact) mass is 268 g/mol. The van der Waals surface area contributed by atoms with Gasteiger partial charge < -0.3 is 10.6 Å². The van der Waals surface area contributed by atoms with Gasteiger partial charge in [0.05, 0.1) is 5.56 Å². The van der Waals surface area contributed by atoms with Crippen LogP contribution in [0.1, 0.15) is 36.0 Å². The van der Waals surface area contributed by atoms with E-state index in [1.807, 2.05) is 0 Å². The van der Waals surface area contributed by atoms with E-state index in [2.05, 4.69) is 0 Å². The van der Waals surface area contributed by atoms with E-state index in [-0.39, 0.29) is 11.6 Å². The molecule has 5 heteroatoms. The summed E-state index contributed by atoms with van der Waals surface area (Å²) in [6.07, 6.45) is 3.46. The molecule has 104 valence electrons. The van der Waals surface area contributed by atoms with Crippen molar-refractivity contribution in [1.82, 2.24) is 4.90 Å². The van der Waals surface area contributed by atoms with Crippen LogP contribution in [-0.2, 0) is 0 Å². The Labute approximate surface area is 111 Å². The first-order chi connectivity index (χ1) is 9.15. The minimum Gasteiger partial charge on any atom is -0.336 e. The van der Waals surface area contributed by atoms with Gasteiger partial charge in [-0.1, -0.05) is 6.07 Å². The van der Waals surface area contributed by atoms with Crippen LogP contribution in [0.25, 0.3) is 0 Å². The number of amides is 1. The van der Waals surface area contributed by atoms with Gasteiger partial charge >= 0.3 is 0 Å². The second-order valence-electron chi connectivity index (χ2n) is 4.83. The minimum absolute atomic E-state index is 0.0960. The van der Waals surface area contributed by atoms with Crippen molar-refractivity contribution in [3.8, 4) is 0 Å². The van der Waals surface area contributed by atoms with Crippen LogP contribution >= 0.6 is 0 Å². The van der Waals surface area contributed by atoms with Gasteiger partial charge in [0.15, 0.2) is 11.6 Å². The van der Waals surface area contributed by atoms with Crippen LogP contribution in [0.3, 0.4) is 0 Å². The maximum absolute atomic E-state index is 13.6. The highest BCUT2D eigenvalue weighted by Gasteiger charge is 2.30. The lowest BCUT2D eigenvalue weighted by Crippen LogP contribution is -2.36. The minimum atomic E-state index is -1.06. The molecule has 3 nitrogen and oxygen atoms in total. The number of nitrogens with zero attached hydrogens (tertiary/aromatic N) is 1. The summed E-state index contributed by atoms with van der Waals surface area (Å²) in [5.74, 6) is -2.46. The van der Waals surface area contributed by atoms with Gasteiger partial charge in [0.1, 0.15) is 0 Å². The second kappa shape index (κ2) is 6.10. The first-order valence-electron chi connectivity index (χ1n) is 6.60. The molecular formula is C14H18F2N2O. The molecule has 19 heavy (non-hydrogen) atoms. The highest BCUT2D eigenvalue weighted by Crippen LogP contribution is 2.24. The van der Waals surface area contributed by atoms with Crippen LogP contribution in [0.5, 0.6) is 0 Å². The zero-order valence-electron chi connectivity index (χ0n) is 10.7. The molecule has 0 saturated carbocycles. The van der Waals surface area contributed by atoms with E-state index in [4.69, 9.17) is 5.73 Å². The first-order valence-corrected chi connectivity index (χ1v) is 6.60. The number of hydrogen-bond acceptors (Lipinski definition) is 2. The van der Waals surface area contributed by atoms with Gasteiger partial charge in [-0.05, 0) is 44.4 Å². The fourth-order valence-corrected chi connectivity index (χ4v) is 2.58. The molecule has 2 rings (SSSR count). The molecule has 2 N–H and O–H groups in total. The van der Waals surface area contributed by atoms with Gasteiger partial charge in [0.25, 0.3) is 5.91 Å². The number of carbonyl (C=O) groups excluding carboxylic acids is 1. The average Bonchev–Trinajstić information content (AvgIpc) is 2.87. The lowest BCUT2D eigenvalue weighted by atomic mass is 10.1. The molecule has 1 fully saturated rings. The zero-order valence-corrected chi connectivity index (χ0v) is 10.7. The molecule has 1 heterocycles. The average molecular weight is 268 g/mol. The predicted molar refractivity (Wildman–Crippen MR) is 68.7 cm³/mol. The smallest absolute Gasteiger partial charge is 0.257 e. The van der Waals surface area contributed by atoms with E-state index < -0.39 is 17.5 Å². The van der Waals surface area contributed by atoms with E-state index in [9.17, 15) is 13.6 Å². The van der Waals surface area contributed by atoms with Crippen LogP contribution in [0.4, 0.5) is 8.78 Å². The molecule has 1 aromatic carbocycles. The van der Waals surface area contributed by atoms with Crippen LogP contribution < -0.4 is 5.73 Å². The molecule has 1 amide bonds. The highest BCUT2D eigenvalue weighted by molar-refractivity contribution is 5.94. The van der Waals surface area contributed by atoms with Crippen LogP contribution in [0.15, 0.2) is 18.2 Å². The normalized spacial score (nSPS) is 18.9. The molecule has 1 aliphatic rings. The summed E-state index contributed by atoms with van der Waals surface area (Å²) >= 11 is 0. The van der Waals surface area contributed by atoms with Crippen molar-refractivity contribution < 1.29 is 13.6 Å². The van der Waals surface area contributed by atoms with Gasteiger partial charge in [-0.2, -0.15) is 0 Å². The summed E-state index contributed by atoms with van der Waals surface area (Å²) in [6, 6.07) is 3.80. The van der Waals surface area contributed by atoms with Gasteiger partial charge in [-0.15, -0.1) is 0 Å². The van der Waals surface area contributed by atoms with Crippen molar-refractivity contribution in [3.63, 3.8) is 0 Å². The number of nitrogens with two attached hydrogens (primary N) is 1. The van der Waals surface area contributed by atoms with Crippen molar-refractivity contribution in [2.75, 3.05) is 13.1 Å². The Balaban J connectivity index is 2.16. The number of likely N-dealkylation sites (tertiary alicyclic amines) is 1. The van der Waals surface area contributed by atoms with E-state index in [0.29, 0.717) is 13.1 Å². The van der Waals surface area contributed by atoms with Gasteiger partial charge in [-0.25, -0.2) is 8.78 Å². The first kappa shape index (κ1) is 13.9. The molecule has 0 spiro atoms. The molecule has 1 unspecified atom stereocenters. The summed E-state index contributed by atoms with van der Waals surface area (Å²) in [6.45, 7) is 1.18. The number of halogens is 2. The predicted octanol–water partition coefficient (Wildman–Crippen LogP) is 2.31. The third kappa shape index (κ3) is 2.92. The Morgan fingerprint density at radius 2 is 2.21 bits per heavy atom. The molecule has 1 aromatic rings. The number of carbonyl (C=O) groups is 1. The number of benzene rings is 1. The van der Waals surface area contributed by atoms with E-state index in [0.717, 1.165) is 31.7 Å². The van der Waals surface area contributed by atoms with E-state index in [1.54, 1.807) is 4.90 Å². The van der Waals surface area contributed by atoms with Gasteiger partial charge in [-0.3, -0.25) is 4.79 Å². The fourth-order valence-electron chi connectivity index (χ4n) is 2.58. The molecular weight excluding hydrogens is 250 g/mol. The lowest BCUT2D eigenvalue weighted by molar-refractivity contribution is 0.0723. The zero-order chi connectivity index (χ0) is 13.8. The summed E-state index contributed by atoms with van der Waals surface area (Å²) in [5.41, 5.74) is 5.29. The molecule has 1 saturated heterocycles. The Hall–Kier alpha value is -1.49. The van der Waals surface area contributed by atoms with E-state index in [1.165, 1.54) is 12.1 Å². The summed E-state index contributed by atoms with van der Waals surface area (Å²) < 4.78 is 26.8. The highest BCUT2D eigenvalue weighted by atomic mass is 19.2. The maximum Gasteiger partial charge on any atom is 0.257 e. The topological polar surface area (TPSA) is 46.3 Å². The maximum atomic E-state index is 13.6. The molecule has 1 aliphatic heterocycles. The van der Waals surface area contributed by atoms with Gasteiger partial charge in [0, 0.05) is 12.6 Å². The SMILES string of the molecule is NCCCC1CCCN1C(=O)c1cccc(F)c1F. The summed E-state index contributed by atoms with van der Waals surface area (Å²) in [5, 5.41) is 0.